The molecule has 0 bridgehead atoms. The van der Waals surface area contributed by atoms with Crippen LogP contribution in [0.15, 0.2) is 206 Å². The van der Waals surface area contributed by atoms with Crippen molar-refractivity contribution in [1.82, 2.24) is 44.9 Å². The van der Waals surface area contributed by atoms with E-state index >= 15 is 0 Å². The van der Waals surface area contributed by atoms with Gasteiger partial charge in [0.05, 0.1) is 109 Å². The number of esters is 2. The molecule has 6 aromatic carbocycles. The Morgan fingerprint density at radius 2 is 0.812 bits per heavy atom. The number of aryl methyl sites for hydroxylation is 3. The van der Waals surface area contributed by atoms with Gasteiger partial charge in [0.2, 0.25) is 11.8 Å². The summed E-state index contributed by atoms with van der Waals surface area (Å²) in [5.41, 5.74) is 15.2. The zero-order valence-electron chi connectivity index (χ0n) is 77.3. The van der Waals surface area contributed by atoms with E-state index in [-0.39, 0.29) is 30.0 Å². The van der Waals surface area contributed by atoms with Crippen molar-refractivity contribution < 1.29 is 62.0 Å². The first-order chi connectivity index (χ1) is 63.0. The number of hydrogen-bond acceptors (Lipinski definition) is 24. The van der Waals surface area contributed by atoms with Gasteiger partial charge in [0.25, 0.3) is 5.56 Å². The first kappa shape index (κ1) is 99.2. The number of hydrogen-bond donors (Lipinski definition) is 2. The molecule has 0 spiro atoms. The first-order valence-corrected chi connectivity index (χ1v) is 46.8. The number of aliphatic carboxylic acids is 1. The fourth-order valence-electron chi connectivity index (χ4n) is 15.0. The van der Waals surface area contributed by atoms with Gasteiger partial charge in [0.15, 0.2) is 18.3 Å². The number of thiazole rings is 3. The molecule has 16 rings (SSSR count). The van der Waals surface area contributed by atoms with Crippen molar-refractivity contribution >= 4 is 142 Å². The van der Waals surface area contributed by atoms with E-state index in [4.69, 9.17) is 104 Å². The van der Waals surface area contributed by atoms with Crippen LogP contribution in [-0.4, -0.2) is 130 Å². The molecule has 0 radical (unpaired) electrons. The van der Waals surface area contributed by atoms with Gasteiger partial charge in [0.1, 0.15) is 20.2 Å². The summed E-state index contributed by atoms with van der Waals surface area (Å²) < 4.78 is 55.0. The minimum absolute atomic E-state index is 0.227. The molecule has 1 aliphatic rings. The van der Waals surface area contributed by atoms with E-state index in [1.807, 2.05) is 244 Å². The standard InChI is InChI=1S/C33H32ClN3O4S.C30H26ClN3O4S.C27H26Cl2N2O3S.C12H18BNO3/c1-7-40-32(38)28(41-33(3,4)5)26-19(2)17-25-29(27(26)20-10-12-22(34)13-11-20)42-31(37-25)21-14-16-35-24(18-21)23-9-8-15-36-30(23)39-6;1-16-14-22-26(39-28(34-22)18-11-13-32-21(15-18)20-6-5-12-33-27(20)35)24(17-7-9-19(31)10-8-17)23(16)25(29(36)37)38-30(2,3)4;1-6-33-26(32)23(34-27(3,4)5)21-15(2)13-19-24(22(21)16-7-9-18(28)10-8-16)35-25(31-19)17-11-12-30-20(29)14-17;1-11(2)12(3,4)17-13(16-11)9-7-6-8-14-10(9)15-5/h8-18,28H,7H2,1-6H3;5-15,25H,1-4H3,(H,33,35)(H,36,37);7-14,23H,6H2,1-5H3;6-8H,1-5H3/t28-;25-;23-;/m000./s1. The van der Waals surface area contributed by atoms with E-state index in [2.05, 4.69) is 29.9 Å². The molecule has 3 atom stereocenters. The Balaban J connectivity index is 0.000000156. The third-order valence-electron chi connectivity index (χ3n) is 21.4. The average Bonchev–Trinajstić information content (AvgIpc) is 1.65. The van der Waals surface area contributed by atoms with Crippen molar-refractivity contribution in [2.24, 2.45) is 0 Å². The van der Waals surface area contributed by atoms with Crippen LogP contribution in [0.3, 0.4) is 0 Å². The number of pyridine rings is 6. The Morgan fingerprint density at radius 1 is 0.451 bits per heavy atom. The molecule has 2 N–H and O–H groups in total. The van der Waals surface area contributed by atoms with Crippen molar-refractivity contribution in [1.29, 1.82) is 0 Å². The number of aromatic nitrogens is 9. The number of methoxy groups -OCH3 is 2. The van der Waals surface area contributed by atoms with Crippen molar-refractivity contribution in [3.05, 3.63) is 265 Å². The number of benzene rings is 6. The predicted molar refractivity (Wildman–Crippen MR) is 533 cm³/mol. The number of carboxylic acid groups (broad SMARTS) is 1. The largest absolute Gasteiger partial charge is 0.500 e. The molecule has 23 nitrogen and oxygen atoms in total. The number of nitrogens with one attached hydrogen (secondary N) is 1. The van der Waals surface area contributed by atoms with Gasteiger partial charge < -0.3 is 52.6 Å². The predicted octanol–water partition coefficient (Wildman–Crippen LogP) is 25.2. The molecule has 0 saturated carbocycles. The lowest BCUT2D eigenvalue weighted by Gasteiger charge is -2.32. The maximum Gasteiger partial charge on any atom is 0.500 e. The van der Waals surface area contributed by atoms with Crippen LogP contribution in [0.5, 0.6) is 11.8 Å². The third kappa shape index (κ3) is 23.4. The summed E-state index contributed by atoms with van der Waals surface area (Å²) in [6.07, 6.45) is 6.98. The van der Waals surface area contributed by atoms with Gasteiger partial charge >= 0.3 is 25.0 Å². The fraction of sp³-hybridized carbons (Fsp3) is 0.294. The van der Waals surface area contributed by atoms with Gasteiger partial charge in [0, 0.05) is 108 Å². The maximum atomic E-state index is 13.4. The molecule has 15 aromatic rings. The number of nitrogens with zero attached hydrogens (tertiary/aromatic N) is 8. The van der Waals surface area contributed by atoms with Gasteiger partial charge in [-0.2, -0.15) is 0 Å². The number of H-pyrrole nitrogens is 1. The van der Waals surface area contributed by atoms with Crippen molar-refractivity contribution in [2.45, 2.75) is 171 Å². The highest BCUT2D eigenvalue weighted by molar-refractivity contribution is 7.23. The Labute approximate surface area is 805 Å². The summed E-state index contributed by atoms with van der Waals surface area (Å²) in [5.74, 6) is -0.879. The molecule has 10 heterocycles. The Bertz CT molecular complexity index is 6820. The lowest BCUT2D eigenvalue weighted by atomic mass is 9.80. The van der Waals surface area contributed by atoms with Gasteiger partial charge in [-0.1, -0.05) is 88.9 Å². The summed E-state index contributed by atoms with van der Waals surface area (Å²) in [4.78, 5) is 90.5. The summed E-state index contributed by atoms with van der Waals surface area (Å²) in [6, 6.07) is 50.7. The van der Waals surface area contributed by atoms with Crippen molar-refractivity contribution in [3.8, 4) is 99.4 Å². The summed E-state index contributed by atoms with van der Waals surface area (Å²) in [7, 11) is 2.76. The molecule has 0 amide bonds. The van der Waals surface area contributed by atoms with E-state index in [0.717, 1.165) is 140 Å². The van der Waals surface area contributed by atoms with E-state index in [9.17, 15) is 24.3 Å². The van der Waals surface area contributed by atoms with E-state index < -0.39 is 60.1 Å². The molecule has 688 valence electrons. The molecule has 9 aromatic heterocycles. The second kappa shape index (κ2) is 41.7. The maximum absolute atomic E-state index is 13.4. The number of fused-ring (bicyclic) bond motifs is 3. The number of aromatic amines is 1. The molecule has 0 aliphatic carbocycles. The van der Waals surface area contributed by atoms with E-state index in [1.54, 1.807) is 107 Å². The Morgan fingerprint density at radius 3 is 1.19 bits per heavy atom. The molecule has 31 heteroatoms. The number of carbonyl (C=O) groups is 3. The second-order valence-corrected chi connectivity index (χ2v) is 39.8. The van der Waals surface area contributed by atoms with Crippen LogP contribution in [0.2, 0.25) is 20.2 Å². The van der Waals surface area contributed by atoms with E-state index in [1.165, 1.54) is 22.7 Å². The van der Waals surface area contributed by atoms with Crippen molar-refractivity contribution in [3.63, 3.8) is 0 Å². The van der Waals surface area contributed by atoms with Gasteiger partial charge in [-0.3, -0.25) is 14.8 Å². The lowest BCUT2D eigenvalue weighted by Crippen LogP contribution is -2.41. The van der Waals surface area contributed by atoms with Gasteiger partial charge in [-0.15, -0.1) is 34.0 Å². The average molecular weight is 1930 g/mol. The summed E-state index contributed by atoms with van der Waals surface area (Å²) in [6.45, 7) is 35.1. The summed E-state index contributed by atoms with van der Waals surface area (Å²) in [5, 5.41) is 14.8. The second-order valence-electron chi connectivity index (χ2n) is 35.1. The molecular formula is C102H102BCl4N9O14S3. The van der Waals surface area contributed by atoms with Crippen molar-refractivity contribution in [2.75, 3.05) is 27.4 Å². The molecule has 0 unspecified atom stereocenters. The molecule has 1 aliphatic heterocycles. The Hall–Kier alpha value is -11.3. The number of halogens is 4. The fourth-order valence-corrected chi connectivity index (χ4v) is 18.9. The van der Waals surface area contributed by atoms with Gasteiger partial charge in [-0.25, -0.2) is 44.3 Å². The first-order valence-electron chi connectivity index (χ1n) is 42.8. The minimum Gasteiger partial charge on any atom is -0.481 e. The van der Waals surface area contributed by atoms with Crippen LogP contribution in [0, 0.1) is 20.8 Å². The van der Waals surface area contributed by atoms with E-state index in [0.29, 0.717) is 48.8 Å². The summed E-state index contributed by atoms with van der Waals surface area (Å²) >= 11 is 29.3. The highest BCUT2D eigenvalue weighted by Gasteiger charge is 2.53. The number of rotatable bonds is 22. The molecule has 1 fully saturated rings. The minimum atomic E-state index is -1.19. The van der Waals surface area contributed by atoms with Crippen LogP contribution in [0.1, 0.15) is 156 Å². The highest BCUT2D eigenvalue weighted by atomic mass is 35.5. The molecule has 1 saturated heterocycles. The van der Waals surface area contributed by atoms with Crippen LogP contribution in [-0.2, 0) is 47.4 Å². The van der Waals surface area contributed by atoms with Crippen LogP contribution in [0.4, 0.5) is 0 Å². The van der Waals surface area contributed by atoms with Crippen LogP contribution >= 0.6 is 80.4 Å². The SMILES string of the molecule is CCOC(=O)[C@@H](OC(C)(C)C)c1c(C)cc2nc(-c3ccnc(-c4cccnc4OC)c3)sc2c1-c1ccc(Cl)cc1.CCOC(=O)[C@@H](OC(C)(C)C)c1c(C)cc2nc(-c3ccnc(Cl)c3)sc2c1-c1ccc(Cl)cc1.COc1ncccc1B1OC(C)(C)C(C)(C)O1.Cc1cc2nc(-c3ccnc(-c4ccc[nH]c4=O)c3)sc2c(-c2ccc(Cl)cc2)c1[C@H](OC(C)(C)C)C(=O)O. The highest BCUT2D eigenvalue weighted by Crippen LogP contribution is 2.50. The lowest BCUT2D eigenvalue weighted by molar-refractivity contribution is -0.167. The Kier molecular flexibility index (Phi) is 31.1. The zero-order valence-corrected chi connectivity index (χ0v) is 82.8. The van der Waals surface area contributed by atoms with Crippen LogP contribution in [0.25, 0.3) is 118 Å². The third-order valence-corrected chi connectivity index (χ3v) is 25.8. The monoisotopic (exact) mass is 1920 g/mol. The topological polar surface area (TPSA) is 290 Å². The zero-order chi connectivity index (χ0) is 95.9. The number of carboxylic acids is 1. The molecule has 133 heavy (non-hydrogen) atoms. The van der Waals surface area contributed by atoms with Gasteiger partial charge in [-0.05, 0) is 279 Å². The van der Waals surface area contributed by atoms with Crippen LogP contribution < -0.4 is 20.5 Å². The molecular weight excluding hydrogens is 1820 g/mol. The normalized spacial score (nSPS) is 13.7. The quantitative estimate of drug-likeness (QED) is 0.0362. The smallest absolute Gasteiger partial charge is 0.481 e. The number of carbonyl (C=O) groups excluding carboxylic acids is 2. The number of ether oxygens (including phenoxy) is 7.